The van der Waals surface area contributed by atoms with E-state index in [0.29, 0.717) is 6.42 Å². The van der Waals surface area contributed by atoms with Crippen LogP contribution in [0.1, 0.15) is 258 Å². The zero-order valence-electron chi connectivity index (χ0n) is 38.7. The zero-order valence-corrected chi connectivity index (χ0v) is 38.7. The van der Waals surface area contributed by atoms with Gasteiger partial charge in [-0.25, -0.2) is 0 Å². The second kappa shape index (κ2) is 48.0. The van der Waals surface area contributed by atoms with Crippen molar-refractivity contribution >= 4 is 5.91 Å². The fourth-order valence-corrected chi connectivity index (χ4v) is 7.66. The minimum absolute atomic E-state index is 0.00171. The molecule has 0 aromatic rings. The summed E-state index contributed by atoms with van der Waals surface area (Å²) in [7, 11) is 0. The lowest BCUT2D eigenvalue weighted by Gasteiger charge is -2.21. The Morgan fingerprint density at radius 1 is 0.431 bits per heavy atom. The van der Waals surface area contributed by atoms with Crippen LogP contribution in [0.5, 0.6) is 0 Å². The molecule has 0 spiro atoms. The van der Waals surface area contributed by atoms with E-state index in [4.69, 9.17) is 0 Å². The average molecular weight is 814 g/mol. The third-order valence-corrected chi connectivity index (χ3v) is 11.6. The van der Waals surface area contributed by atoms with Gasteiger partial charge in [0, 0.05) is 0 Å². The Morgan fingerprint density at radius 3 is 1.10 bits per heavy atom. The van der Waals surface area contributed by atoms with Crippen molar-refractivity contribution in [1.29, 1.82) is 0 Å². The SMILES string of the molecule is CCCCCCCC/C=C/CC/C=C/CC/C=C/C(O)C(CO)NC(=O)CC(O)CCCCCCCCCCCCC/C=C\CCCCCCCCCCCCCC. The van der Waals surface area contributed by atoms with E-state index in [1.165, 1.54) is 193 Å². The molecule has 340 valence electrons. The van der Waals surface area contributed by atoms with Crippen LogP contribution in [0.15, 0.2) is 48.6 Å². The van der Waals surface area contributed by atoms with E-state index < -0.39 is 18.2 Å². The molecule has 0 bridgehead atoms. The van der Waals surface area contributed by atoms with Crippen molar-refractivity contribution in [3.63, 3.8) is 0 Å². The van der Waals surface area contributed by atoms with E-state index in [2.05, 4.69) is 55.6 Å². The van der Waals surface area contributed by atoms with Gasteiger partial charge in [-0.3, -0.25) is 4.79 Å². The standard InChI is InChI=1S/C53H99NO4/c1-3-5-7-9-11-13-15-17-19-21-22-23-24-25-26-27-28-29-30-31-32-34-36-38-40-42-44-46-50(56)48-53(58)54-51(49-55)52(57)47-45-43-41-39-37-35-33-20-18-16-14-12-10-8-6-4-2/h18,20,25-26,37,39,45,47,50-52,55-57H,3-17,19,21-24,27-36,38,40-44,46,48-49H2,1-2H3,(H,54,58)/b20-18+,26-25-,39-37+,47-45+. The number of unbranched alkanes of at least 4 members (excludes halogenated alkanes) is 31. The van der Waals surface area contributed by atoms with Crippen LogP contribution in [-0.2, 0) is 4.79 Å². The lowest BCUT2D eigenvalue weighted by molar-refractivity contribution is -0.124. The van der Waals surface area contributed by atoms with Gasteiger partial charge in [0.25, 0.3) is 0 Å². The molecule has 0 aromatic carbocycles. The summed E-state index contributed by atoms with van der Waals surface area (Å²) in [6.07, 6.45) is 62.8. The van der Waals surface area contributed by atoms with E-state index in [-0.39, 0.29) is 18.9 Å². The monoisotopic (exact) mass is 814 g/mol. The second-order valence-corrected chi connectivity index (χ2v) is 17.4. The van der Waals surface area contributed by atoms with E-state index in [1.54, 1.807) is 6.08 Å². The number of rotatable bonds is 46. The number of nitrogens with one attached hydrogen (secondary N) is 1. The quantitative estimate of drug-likeness (QED) is 0.0364. The Morgan fingerprint density at radius 2 is 0.741 bits per heavy atom. The topological polar surface area (TPSA) is 89.8 Å². The summed E-state index contributed by atoms with van der Waals surface area (Å²) < 4.78 is 0. The molecule has 0 radical (unpaired) electrons. The highest BCUT2D eigenvalue weighted by Gasteiger charge is 2.20. The lowest BCUT2D eigenvalue weighted by atomic mass is 10.0. The number of carbonyl (C=O) groups is 1. The first kappa shape index (κ1) is 56.3. The molecular weight excluding hydrogens is 715 g/mol. The Balaban J connectivity index is 3.62. The van der Waals surface area contributed by atoms with Gasteiger partial charge in [-0.1, -0.05) is 229 Å². The molecule has 0 saturated carbocycles. The molecule has 0 heterocycles. The summed E-state index contributed by atoms with van der Waals surface area (Å²) in [5, 5.41) is 33.3. The largest absolute Gasteiger partial charge is 0.394 e. The van der Waals surface area contributed by atoms with Crippen molar-refractivity contribution in [2.75, 3.05) is 6.61 Å². The maximum absolute atomic E-state index is 12.5. The average Bonchev–Trinajstić information content (AvgIpc) is 3.22. The van der Waals surface area contributed by atoms with Crippen LogP contribution in [0.3, 0.4) is 0 Å². The van der Waals surface area contributed by atoms with Crippen LogP contribution in [0.25, 0.3) is 0 Å². The summed E-state index contributed by atoms with van der Waals surface area (Å²) in [6, 6.07) is -0.768. The number of carbonyl (C=O) groups excluding carboxylic acids is 1. The molecule has 58 heavy (non-hydrogen) atoms. The van der Waals surface area contributed by atoms with Crippen LogP contribution in [-0.4, -0.2) is 46.1 Å². The number of hydrogen-bond donors (Lipinski definition) is 4. The molecule has 0 rings (SSSR count). The summed E-state index contributed by atoms with van der Waals surface area (Å²) >= 11 is 0. The highest BCUT2D eigenvalue weighted by Crippen LogP contribution is 2.16. The summed E-state index contributed by atoms with van der Waals surface area (Å²) in [6.45, 7) is 4.20. The van der Waals surface area contributed by atoms with Crippen LogP contribution >= 0.6 is 0 Å². The number of aliphatic hydroxyl groups excluding tert-OH is 3. The van der Waals surface area contributed by atoms with Crippen LogP contribution < -0.4 is 5.32 Å². The molecule has 5 nitrogen and oxygen atoms in total. The highest BCUT2D eigenvalue weighted by atomic mass is 16.3. The summed E-state index contributed by atoms with van der Waals surface area (Å²) in [5.41, 5.74) is 0. The fraction of sp³-hybridized carbons (Fsp3) is 0.830. The van der Waals surface area contributed by atoms with Gasteiger partial charge in [0.05, 0.1) is 31.3 Å². The van der Waals surface area contributed by atoms with Crippen molar-refractivity contribution < 1.29 is 20.1 Å². The molecule has 3 atom stereocenters. The minimum atomic E-state index is -0.960. The molecule has 1 amide bonds. The molecule has 3 unspecified atom stereocenters. The van der Waals surface area contributed by atoms with Gasteiger partial charge in [0.2, 0.25) is 5.91 Å². The fourth-order valence-electron chi connectivity index (χ4n) is 7.66. The smallest absolute Gasteiger partial charge is 0.222 e. The predicted octanol–water partition coefficient (Wildman–Crippen LogP) is 15.3. The van der Waals surface area contributed by atoms with Crippen LogP contribution in [0.2, 0.25) is 0 Å². The van der Waals surface area contributed by atoms with Crippen molar-refractivity contribution in [3.8, 4) is 0 Å². The third-order valence-electron chi connectivity index (χ3n) is 11.6. The maximum atomic E-state index is 12.5. The first-order valence-corrected chi connectivity index (χ1v) is 25.4. The zero-order chi connectivity index (χ0) is 42.3. The Hall–Kier alpha value is -1.69. The Bertz CT molecular complexity index is 943. The molecule has 0 aliphatic heterocycles. The number of amides is 1. The molecule has 0 aliphatic carbocycles. The minimum Gasteiger partial charge on any atom is -0.394 e. The van der Waals surface area contributed by atoms with Gasteiger partial charge in [0.1, 0.15) is 0 Å². The van der Waals surface area contributed by atoms with Gasteiger partial charge in [-0.15, -0.1) is 0 Å². The van der Waals surface area contributed by atoms with Crippen LogP contribution in [0, 0.1) is 0 Å². The first-order valence-electron chi connectivity index (χ1n) is 25.4. The maximum Gasteiger partial charge on any atom is 0.222 e. The third kappa shape index (κ3) is 43.9. The second-order valence-electron chi connectivity index (χ2n) is 17.4. The Kier molecular flexibility index (Phi) is 46.6. The lowest BCUT2D eigenvalue weighted by Crippen LogP contribution is -2.45. The molecule has 0 aliphatic rings. The normalized spacial score (nSPS) is 13.8. The molecule has 0 fully saturated rings. The number of hydrogen-bond acceptors (Lipinski definition) is 4. The summed E-state index contributed by atoms with van der Waals surface area (Å²) in [4.78, 5) is 12.5. The van der Waals surface area contributed by atoms with E-state index in [1.807, 2.05) is 6.08 Å². The Labute approximate surface area is 361 Å². The van der Waals surface area contributed by atoms with Crippen LogP contribution in [0.4, 0.5) is 0 Å². The highest BCUT2D eigenvalue weighted by molar-refractivity contribution is 5.76. The number of aliphatic hydroxyl groups is 3. The molecule has 5 heteroatoms. The van der Waals surface area contributed by atoms with Gasteiger partial charge >= 0.3 is 0 Å². The number of allylic oxidation sites excluding steroid dienone is 7. The summed E-state index contributed by atoms with van der Waals surface area (Å²) in [5.74, 6) is -0.329. The van der Waals surface area contributed by atoms with E-state index in [9.17, 15) is 20.1 Å². The van der Waals surface area contributed by atoms with Crippen molar-refractivity contribution in [1.82, 2.24) is 5.32 Å². The molecular formula is C53H99NO4. The molecule has 0 aromatic heterocycles. The van der Waals surface area contributed by atoms with Crippen molar-refractivity contribution in [2.24, 2.45) is 0 Å². The van der Waals surface area contributed by atoms with Gasteiger partial charge < -0.3 is 20.6 Å². The van der Waals surface area contributed by atoms with Gasteiger partial charge in [0.15, 0.2) is 0 Å². The first-order chi connectivity index (χ1) is 28.5. The van der Waals surface area contributed by atoms with E-state index >= 15 is 0 Å². The van der Waals surface area contributed by atoms with Crippen molar-refractivity contribution in [2.45, 2.75) is 276 Å². The van der Waals surface area contributed by atoms with Gasteiger partial charge in [-0.2, -0.15) is 0 Å². The van der Waals surface area contributed by atoms with Crippen molar-refractivity contribution in [3.05, 3.63) is 48.6 Å². The predicted molar refractivity (Wildman–Crippen MR) is 254 cm³/mol. The van der Waals surface area contributed by atoms with Gasteiger partial charge in [-0.05, 0) is 70.6 Å². The van der Waals surface area contributed by atoms with E-state index in [0.717, 1.165) is 38.5 Å². The molecule has 0 saturated heterocycles. The molecule has 4 N–H and O–H groups in total.